The molecule has 0 atom stereocenters. The minimum Gasteiger partial charge on any atom is -0.352 e. The summed E-state index contributed by atoms with van der Waals surface area (Å²) in [6, 6.07) is -0.615. The summed E-state index contributed by atoms with van der Waals surface area (Å²) in [7, 11) is 0. The average molecular weight is 279 g/mol. The summed E-state index contributed by atoms with van der Waals surface area (Å²) in [5.41, 5.74) is -1.13. The predicted molar refractivity (Wildman–Crippen MR) is 67.3 cm³/mol. The number of rotatable bonds is 3. The van der Waals surface area contributed by atoms with Gasteiger partial charge in [0.2, 0.25) is 17.7 Å². The minimum atomic E-state index is -1.13. The van der Waals surface area contributed by atoms with Gasteiger partial charge in [0.25, 0.3) is 0 Å². The summed E-state index contributed by atoms with van der Waals surface area (Å²) < 4.78 is 0. The van der Waals surface area contributed by atoms with Crippen molar-refractivity contribution < 1.29 is 19.2 Å². The number of imide groups is 2. The molecule has 2 saturated carbocycles. The molecule has 0 bridgehead atoms. The fourth-order valence-electron chi connectivity index (χ4n) is 2.94. The van der Waals surface area contributed by atoms with Gasteiger partial charge in [0, 0.05) is 6.04 Å². The predicted octanol–water partition coefficient (Wildman–Crippen LogP) is -0.0962. The molecule has 0 aromatic heterocycles. The topological polar surface area (TPSA) is 95.6 Å². The highest BCUT2D eigenvalue weighted by Gasteiger charge is 2.55. The molecule has 1 heterocycles. The third-order valence-corrected chi connectivity index (χ3v) is 4.26. The molecule has 7 heteroatoms. The van der Waals surface area contributed by atoms with Crippen LogP contribution in [0.3, 0.4) is 0 Å². The van der Waals surface area contributed by atoms with Crippen LogP contribution in [0.25, 0.3) is 0 Å². The van der Waals surface area contributed by atoms with Crippen molar-refractivity contribution >= 4 is 23.8 Å². The van der Waals surface area contributed by atoms with Gasteiger partial charge in [-0.05, 0) is 25.7 Å². The van der Waals surface area contributed by atoms with Crippen LogP contribution in [0.2, 0.25) is 0 Å². The third kappa shape index (κ3) is 2.07. The normalized spacial score (nSPS) is 25.0. The van der Waals surface area contributed by atoms with E-state index >= 15 is 0 Å². The Morgan fingerprint density at radius 1 is 1.25 bits per heavy atom. The quantitative estimate of drug-likeness (QED) is 0.705. The Bertz CT molecular complexity index is 492. The highest BCUT2D eigenvalue weighted by molar-refractivity contribution is 6.20. The fourth-order valence-corrected chi connectivity index (χ4v) is 2.94. The number of amides is 5. The van der Waals surface area contributed by atoms with Gasteiger partial charge in [0.1, 0.15) is 12.0 Å². The van der Waals surface area contributed by atoms with Crippen LogP contribution in [0.1, 0.15) is 38.5 Å². The van der Waals surface area contributed by atoms with Gasteiger partial charge in [-0.25, -0.2) is 4.79 Å². The molecule has 0 unspecified atom stereocenters. The van der Waals surface area contributed by atoms with E-state index in [0.29, 0.717) is 12.8 Å². The molecule has 1 saturated heterocycles. The van der Waals surface area contributed by atoms with E-state index in [1.54, 1.807) is 0 Å². The van der Waals surface area contributed by atoms with Crippen molar-refractivity contribution in [3.8, 4) is 0 Å². The molecule has 3 fully saturated rings. The summed E-state index contributed by atoms with van der Waals surface area (Å²) in [5.74, 6) is -1.38. The van der Waals surface area contributed by atoms with Crippen molar-refractivity contribution in [3.63, 3.8) is 0 Å². The highest BCUT2D eigenvalue weighted by Crippen LogP contribution is 2.41. The smallest absolute Gasteiger partial charge is 0.331 e. The van der Waals surface area contributed by atoms with E-state index in [0.717, 1.165) is 30.6 Å². The lowest BCUT2D eigenvalue weighted by Gasteiger charge is -2.36. The van der Waals surface area contributed by atoms with Crippen LogP contribution in [0.4, 0.5) is 4.79 Å². The lowest BCUT2D eigenvalue weighted by Crippen LogP contribution is -2.64. The highest BCUT2D eigenvalue weighted by atomic mass is 16.2. The average Bonchev–Trinajstić information content (AvgIpc) is 3.06. The van der Waals surface area contributed by atoms with E-state index in [1.165, 1.54) is 0 Å². The van der Waals surface area contributed by atoms with Crippen molar-refractivity contribution in [2.45, 2.75) is 44.6 Å². The summed E-state index contributed by atoms with van der Waals surface area (Å²) in [5, 5.41) is 4.95. The van der Waals surface area contributed by atoms with Gasteiger partial charge in [0.15, 0.2) is 0 Å². The van der Waals surface area contributed by atoms with Crippen LogP contribution in [-0.2, 0) is 14.4 Å². The third-order valence-electron chi connectivity index (χ3n) is 4.26. The maximum atomic E-state index is 12.5. The second-order valence-corrected chi connectivity index (χ2v) is 5.78. The molecule has 2 aliphatic carbocycles. The zero-order valence-corrected chi connectivity index (χ0v) is 11.1. The van der Waals surface area contributed by atoms with Gasteiger partial charge in [0.05, 0.1) is 0 Å². The number of nitrogens with zero attached hydrogens (tertiary/aromatic N) is 1. The number of carbonyl (C=O) groups excluding carboxylic acids is 4. The minimum absolute atomic E-state index is 0.174. The van der Waals surface area contributed by atoms with Crippen molar-refractivity contribution in [3.05, 3.63) is 0 Å². The van der Waals surface area contributed by atoms with Crippen molar-refractivity contribution in [1.82, 2.24) is 15.5 Å². The Morgan fingerprint density at radius 2 is 1.90 bits per heavy atom. The number of hydrogen-bond acceptors (Lipinski definition) is 4. The van der Waals surface area contributed by atoms with Gasteiger partial charge in [-0.1, -0.05) is 12.8 Å². The van der Waals surface area contributed by atoms with Crippen LogP contribution < -0.4 is 10.6 Å². The van der Waals surface area contributed by atoms with Gasteiger partial charge >= 0.3 is 6.03 Å². The summed E-state index contributed by atoms with van der Waals surface area (Å²) in [6.45, 7) is -0.309. The maximum Gasteiger partial charge on any atom is 0.331 e. The van der Waals surface area contributed by atoms with E-state index in [-0.39, 0.29) is 18.5 Å². The first-order valence-electron chi connectivity index (χ1n) is 7.00. The first-order valence-corrected chi connectivity index (χ1v) is 7.00. The van der Waals surface area contributed by atoms with E-state index in [9.17, 15) is 19.2 Å². The molecule has 5 amide bonds. The molecule has 0 aromatic rings. The molecule has 1 aliphatic heterocycles. The first-order chi connectivity index (χ1) is 9.53. The lowest BCUT2D eigenvalue weighted by atomic mass is 9.82. The maximum absolute atomic E-state index is 12.5. The molecular weight excluding hydrogens is 262 g/mol. The standard InChI is InChI=1S/C13H17N3O4/c17-9(14-8-3-4-8)7-16-11(19)13(5-1-2-6-13)10(18)15-12(16)20/h8H,1-7H2,(H,14,17)(H,15,18,20). The molecule has 0 radical (unpaired) electrons. The van der Waals surface area contributed by atoms with Crippen molar-refractivity contribution in [2.24, 2.45) is 5.41 Å². The summed E-state index contributed by atoms with van der Waals surface area (Å²) in [4.78, 5) is 48.9. The Labute approximate surface area is 116 Å². The Kier molecular flexibility index (Phi) is 2.99. The molecule has 3 aliphatic rings. The van der Waals surface area contributed by atoms with Crippen LogP contribution in [-0.4, -0.2) is 41.2 Å². The van der Waals surface area contributed by atoms with E-state index in [1.807, 2.05) is 0 Å². The lowest BCUT2D eigenvalue weighted by molar-refractivity contribution is -0.152. The zero-order valence-electron chi connectivity index (χ0n) is 11.1. The van der Waals surface area contributed by atoms with Gasteiger partial charge in [-0.3, -0.25) is 24.6 Å². The second-order valence-electron chi connectivity index (χ2n) is 5.78. The van der Waals surface area contributed by atoms with Crippen LogP contribution >= 0.6 is 0 Å². The van der Waals surface area contributed by atoms with Crippen LogP contribution in [0.5, 0.6) is 0 Å². The fraction of sp³-hybridized carbons (Fsp3) is 0.692. The monoisotopic (exact) mass is 279 g/mol. The SMILES string of the molecule is O=C(CN1C(=O)NC(=O)C2(CCCC2)C1=O)NC1CC1. The largest absolute Gasteiger partial charge is 0.352 e. The number of carbonyl (C=O) groups is 4. The van der Waals surface area contributed by atoms with E-state index < -0.39 is 23.3 Å². The molecule has 0 aromatic carbocycles. The molecule has 7 nitrogen and oxygen atoms in total. The van der Waals surface area contributed by atoms with E-state index in [2.05, 4.69) is 10.6 Å². The number of hydrogen-bond donors (Lipinski definition) is 2. The number of urea groups is 1. The Morgan fingerprint density at radius 3 is 2.50 bits per heavy atom. The Balaban J connectivity index is 1.75. The van der Waals surface area contributed by atoms with E-state index in [4.69, 9.17) is 0 Å². The molecule has 20 heavy (non-hydrogen) atoms. The van der Waals surface area contributed by atoms with Crippen LogP contribution in [0.15, 0.2) is 0 Å². The summed E-state index contributed by atoms with van der Waals surface area (Å²) >= 11 is 0. The molecule has 108 valence electrons. The van der Waals surface area contributed by atoms with Crippen molar-refractivity contribution in [2.75, 3.05) is 6.54 Å². The van der Waals surface area contributed by atoms with Gasteiger partial charge in [-0.2, -0.15) is 0 Å². The van der Waals surface area contributed by atoms with Crippen molar-refractivity contribution in [1.29, 1.82) is 0 Å². The number of barbiturate groups is 1. The molecule has 2 N–H and O–H groups in total. The van der Waals surface area contributed by atoms with Gasteiger partial charge < -0.3 is 5.32 Å². The van der Waals surface area contributed by atoms with Gasteiger partial charge in [-0.15, -0.1) is 0 Å². The molecule has 1 spiro atoms. The first kappa shape index (κ1) is 13.1. The second kappa shape index (κ2) is 4.57. The molecule has 3 rings (SSSR count). The van der Waals surface area contributed by atoms with Crippen LogP contribution in [0, 0.1) is 5.41 Å². The number of nitrogens with one attached hydrogen (secondary N) is 2. The zero-order chi connectivity index (χ0) is 14.3. The summed E-state index contributed by atoms with van der Waals surface area (Å²) in [6.07, 6.45) is 4.35. The Hall–Kier alpha value is -1.92. The molecular formula is C13H17N3O4.